The Balaban J connectivity index is 2.56. The third-order valence-corrected chi connectivity index (χ3v) is 1.83. The van der Waals surface area contributed by atoms with Gasteiger partial charge in [-0.3, -0.25) is 0 Å². The van der Waals surface area contributed by atoms with E-state index in [-0.39, 0.29) is 0 Å². The molecule has 0 spiro atoms. The Morgan fingerprint density at radius 1 is 1.38 bits per heavy atom. The van der Waals surface area contributed by atoms with E-state index < -0.39 is 0 Å². The summed E-state index contributed by atoms with van der Waals surface area (Å²) in [6.45, 7) is 5.10. The molecular weight excluding hydrogens is 162 g/mol. The molecule has 1 rings (SSSR count). The van der Waals surface area contributed by atoms with Crippen LogP contribution in [-0.4, -0.2) is 16.5 Å². The number of hydrogen-bond acceptors (Lipinski definition) is 3. The lowest BCUT2D eigenvalue weighted by atomic mass is 10.2. The van der Waals surface area contributed by atoms with Crippen LogP contribution in [0, 0.1) is 0 Å². The molecule has 1 heterocycles. The lowest BCUT2D eigenvalue weighted by Crippen LogP contribution is -2.03. The van der Waals surface area contributed by atoms with E-state index in [4.69, 9.17) is 0 Å². The lowest BCUT2D eigenvalue weighted by molar-refractivity contribution is 0.773. The van der Waals surface area contributed by atoms with Crippen LogP contribution in [0.2, 0.25) is 0 Å². The quantitative estimate of drug-likeness (QED) is 0.753. The zero-order valence-corrected chi connectivity index (χ0v) is 8.38. The molecule has 1 N–H and O–H groups in total. The second kappa shape index (κ2) is 5.51. The summed E-state index contributed by atoms with van der Waals surface area (Å²) in [4.78, 5) is 8.49. The van der Waals surface area contributed by atoms with Crippen LogP contribution >= 0.6 is 0 Å². The number of nitrogens with zero attached hydrogens (tertiary/aromatic N) is 2. The number of aryl methyl sites for hydroxylation is 1. The summed E-state index contributed by atoms with van der Waals surface area (Å²) in [6, 6.07) is 1.98. The van der Waals surface area contributed by atoms with Gasteiger partial charge in [0.15, 0.2) is 0 Å². The monoisotopic (exact) mass is 179 g/mol. The average molecular weight is 179 g/mol. The molecule has 3 heteroatoms. The molecule has 13 heavy (non-hydrogen) atoms. The largest absolute Gasteiger partial charge is 0.354 e. The molecule has 0 aliphatic heterocycles. The maximum atomic E-state index is 4.38. The fraction of sp³-hybridized carbons (Fsp3) is 0.600. The highest BCUT2D eigenvalue weighted by molar-refractivity contribution is 5.24. The molecular formula is C10H17N3. The van der Waals surface area contributed by atoms with Crippen LogP contribution in [0.4, 0.5) is 5.95 Å². The average Bonchev–Trinajstić information content (AvgIpc) is 2.16. The molecule has 0 saturated carbocycles. The summed E-state index contributed by atoms with van der Waals surface area (Å²) >= 11 is 0. The van der Waals surface area contributed by atoms with Crippen LogP contribution in [-0.2, 0) is 6.42 Å². The standard InChI is InChI=1S/C10H17N3/c1-3-5-6-9-7-8-12-10(13-9)11-4-2/h7-8H,3-6H2,1-2H3,(H,11,12,13). The van der Waals surface area contributed by atoms with E-state index in [0.717, 1.165) is 24.6 Å². The van der Waals surface area contributed by atoms with Crippen molar-refractivity contribution < 1.29 is 0 Å². The Morgan fingerprint density at radius 2 is 2.23 bits per heavy atom. The van der Waals surface area contributed by atoms with Crippen LogP contribution in [0.5, 0.6) is 0 Å². The van der Waals surface area contributed by atoms with Gasteiger partial charge in [-0.15, -0.1) is 0 Å². The molecule has 72 valence electrons. The van der Waals surface area contributed by atoms with E-state index in [1.165, 1.54) is 12.8 Å². The Kier molecular flexibility index (Phi) is 4.23. The minimum absolute atomic E-state index is 0.746. The van der Waals surface area contributed by atoms with Gasteiger partial charge in [0.25, 0.3) is 0 Å². The van der Waals surface area contributed by atoms with Crippen molar-refractivity contribution in [3.05, 3.63) is 18.0 Å². The van der Waals surface area contributed by atoms with Gasteiger partial charge in [-0.1, -0.05) is 13.3 Å². The first-order chi connectivity index (χ1) is 6.36. The molecule has 0 aliphatic rings. The summed E-state index contributed by atoms with van der Waals surface area (Å²) in [6.07, 6.45) is 5.27. The van der Waals surface area contributed by atoms with Crippen LogP contribution < -0.4 is 5.32 Å². The minimum Gasteiger partial charge on any atom is -0.354 e. The Morgan fingerprint density at radius 3 is 2.92 bits per heavy atom. The second-order valence-electron chi connectivity index (χ2n) is 3.01. The molecule has 0 bridgehead atoms. The molecule has 0 aliphatic carbocycles. The molecule has 0 unspecified atom stereocenters. The molecule has 3 nitrogen and oxygen atoms in total. The normalized spacial score (nSPS) is 10.0. The maximum Gasteiger partial charge on any atom is 0.222 e. The van der Waals surface area contributed by atoms with Crippen LogP contribution in [0.25, 0.3) is 0 Å². The van der Waals surface area contributed by atoms with Gasteiger partial charge >= 0.3 is 0 Å². The number of anilines is 1. The van der Waals surface area contributed by atoms with Gasteiger partial charge in [0.2, 0.25) is 5.95 Å². The fourth-order valence-electron chi connectivity index (χ4n) is 1.14. The highest BCUT2D eigenvalue weighted by Crippen LogP contribution is 2.04. The van der Waals surface area contributed by atoms with Gasteiger partial charge in [-0.05, 0) is 25.8 Å². The van der Waals surface area contributed by atoms with Crippen molar-refractivity contribution in [2.75, 3.05) is 11.9 Å². The topological polar surface area (TPSA) is 37.8 Å². The van der Waals surface area contributed by atoms with E-state index in [1.807, 2.05) is 19.2 Å². The summed E-state index contributed by atoms with van der Waals surface area (Å²) < 4.78 is 0. The smallest absolute Gasteiger partial charge is 0.222 e. The first-order valence-corrected chi connectivity index (χ1v) is 4.92. The number of unbranched alkanes of at least 4 members (excludes halogenated alkanes) is 1. The molecule has 1 aromatic heterocycles. The first-order valence-electron chi connectivity index (χ1n) is 4.92. The third kappa shape index (κ3) is 3.40. The Labute approximate surface area is 79.6 Å². The van der Waals surface area contributed by atoms with Crippen molar-refractivity contribution in [3.8, 4) is 0 Å². The summed E-state index contributed by atoms with van der Waals surface area (Å²) in [5.41, 5.74) is 1.13. The van der Waals surface area contributed by atoms with E-state index in [2.05, 4.69) is 22.2 Å². The predicted molar refractivity (Wildman–Crippen MR) is 54.8 cm³/mol. The van der Waals surface area contributed by atoms with Gasteiger partial charge < -0.3 is 5.32 Å². The van der Waals surface area contributed by atoms with Crippen LogP contribution in [0.3, 0.4) is 0 Å². The minimum atomic E-state index is 0.746. The van der Waals surface area contributed by atoms with E-state index in [9.17, 15) is 0 Å². The molecule has 0 radical (unpaired) electrons. The fourth-order valence-corrected chi connectivity index (χ4v) is 1.14. The third-order valence-electron chi connectivity index (χ3n) is 1.83. The highest BCUT2D eigenvalue weighted by atomic mass is 15.1. The SMILES string of the molecule is CCCCc1ccnc(NCC)n1. The van der Waals surface area contributed by atoms with E-state index in [0.29, 0.717) is 0 Å². The second-order valence-corrected chi connectivity index (χ2v) is 3.01. The number of hydrogen-bond donors (Lipinski definition) is 1. The van der Waals surface area contributed by atoms with Crippen LogP contribution in [0.15, 0.2) is 12.3 Å². The number of nitrogens with one attached hydrogen (secondary N) is 1. The summed E-state index contributed by atoms with van der Waals surface area (Å²) in [5.74, 6) is 0.746. The van der Waals surface area contributed by atoms with E-state index in [1.54, 1.807) is 0 Å². The molecule has 0 fully saturated rings. The number of rotatable bonds is 5. The Hall–Kier alpha value is -1.12. The van der Waals surface area contributed by atoms with E-state index >= 15 is 0 Å². The summed E-state index contributed by atoms with van der Waals surface area (Å²) in [5, 5.41) is 3.10. The zero-order valence-electron chi connectivity index (χ0n) is 8.38. The van der Waals surface area contributed by atoms with Crippen LogP contribution in [0.1, 0.15) is 32.4 Å². The summed E-state index contributed by atoms with van der Waals surface area (Å²) in [7, 11) is 0. The molecule has 0 saturated heterocycles. The molecule has 0 atom stereocenters. The van der Waals surface area contributed by atoms with Gasteiger partial charge in [-0.25, -0.2) is 9.97 Å². The zero-order chi connectivity index (χ0) is 9.52. The lowest BCUT2D eigenvalue weighted by Gasteiger charge is -2.03. The Bertz CT molecular complexity index is 248. The van der Waals surface area contributed by atoms with Crippen molar-refractivity contribution in [2.45, 2.75) is 33.1 Å². The van der Waals surface area contributed by atoms with Gasteiger partial charge in [0.05, 0.1) is 0 Å². The van der Waals surface area contributed by atoms with Crippen molar-refractivity contribution in [1.82, 2.24) is 9.97 Å². The first kappa shape index (κ1) is 9.96. The highest BCUT2D eigenvalue weighted by Gasteiger charge is 1.96. The molecule has 1 aromatic rings. The van der Waals surface area contributed by atoms with Crippen molar-refractivity contribution in [3.63, 3.8) is 0 Å². The van der Waals surface area contributed by atoms with Crippen molar-refractivity contribution >= 4 is 5.95 Å². The number of aromatic nitrogens is 2. The van der Waals surface area contributed by atoms with Crippen molar-refractivity contribution in [2.24, 2.45) is 0 Å². The molecule has 0 aromatic carbocycles. The van der Waals surface area contributed by atoms with Gasteiger partial charge in [-0.2, -0.15) is 0 Å². The molecule has 0 amide bonds. The van der Waals surface area contributed by atoms with Gasteiger partial charge in [0.1, 0.15) is 0 Å². The van der Waals surface area contributed by atoms with Crippen molar-refractivity contribution in [1.29, 1.82) is 0 Å². The van der Waals surface area contributed by atoms with Gasteiger partial charge in [0, 0.05) is 18.4 Å². The maximum absolute atomic E-state index is 4.38. The predicted octanol–water partition coefficient (Wildman–Crippen LogP) is 2.25.